The van der Waals surface area contributed by atoms with Crippen molar-refractivity contribution in [2.45, 2.75) is 131 Å². The van der Waals surface area contributed by atoms with Crippen molar-refractivity contribution >= 4 is 22.8 Å². The van der Waals surface area contributed by atoms with Crippen LogP contribution in [0, 0.1) is 5.92 Å². The van der Waals surface area contributed by atoms with Crippen LogP contribution in [0.5, 0.6) is 0 Å². The minimum Gasteiger partial charge on any atom is -0.309 e. The Bertz CT molecular complexity index is 735. The van der Waals surface area contributed by atoms with Crippen molar-refractivity contribution in [2.75, 3.05) is 39.6 Å². The van der Waals surface area contributed by atoms with Crippen LogP contribution in [0.4, 0.5) is 0 Å². The quantitative estimate of drug-likeness (QED) is 0.0874. The summed E-state index contributed by atoms with van der Waals surface area (Å²) in [5.74, 6) is 0.302. The van der Waals surface area contributed by atoms with E-state index in [4.69, 9.17) is 27.1 Å². The molecule has 0 heterocycles. The molecule has 0 rings (SSSR count). The van der Waals surface area contributed by atoms with Crippen LogP contribution in [-0.4, -0.2) is 56.6 Å². The number of hydrogen-bond acceptors (Lipinski definition) is 9. The van der Waals surface area contributed by atoms with Gasteiger partial charge in [-0.25, -0.2) is 0 Å². The van der Waals surface area contributed by atoms with Crippen molar-refractivity contribution in [2.24, 2.45) is 5.92 Å². The summed E-state index contributed by atoms with van der Waals surface area (Å²) in [4.78, 5) is 0. The second-order valence-corrected chi connectivity index (χ2v) is 17.0. The third-order valence-corrected chi connectivity index (χ3v) is 14.7. The van der Waals surface area contributed by atoms with E-state index in [1.807, 2.05) is 34.6 Å². The first-order valence-electron chi connectivity index (χ1n) is 15.1. The van der Waals surface area contributed by atoms with Gasteiger partial charge in [-0.1, -0.05) is 27.2 Å². The van der Waals surface area contributed by atoms with Crippen LogP contribution < -0.4 is 0 Å². The summed E-state index contributed by atoms with van der Waals surface area (Å²) in [5, 5.41) is 0. The van der Waals surface area contributed by atoms with Crippen molar-refractivity contribution < 1.29 is 40.8 Å². The fraction of sp³-hybridized carbons (Fsp3) is 1.00. The fourth-order valence-electron chi connectivity index (χ4n) is 4.81. The van der Waals surface area contributed by atoms with Crippen molar-refractivity contribution in [1.29, 1.82) is 0 Å². The first-order chi connectivity index (χ1) is 18.4. The standard InChI is InChI=1S/C27H59O9P3/c1-10-17-26(38(29,33-13-4)34-14-5)21-18-24(8)19-22-27(39(30,35-15-6)36-16-7)23-20-25(9)37(28,31-11-2)32-12-3/h24-27H,10-23H2,1-9H3. The molecule has 0 spiro atoms. The lowest BCUT2D eigenvalue weighted by Crippen LogP contribution is -2.19. The summed E-state index contributed by atoms with van der Waals surface area (Å²) < 4.78 is 74.3. The molecular formula is C27H59O9P3. The second-order valence-electron chi connectivity index (χ2n) is 9.91. The summed E-state index contributed by atoms with van der Waals surface area (Å²) in [5.41, 5.74) is -0.802. The molecule has 4 unspecified atom stereocenters. The lowest BCUT2D eigenvalue weighted by molar-refractivity contribution is 0.202. The molecule has 9 nitrogen and oxygen atoms in total. The molecule has 0 amide bonds. The van der Waals surface area contributed by atoms with E-state index in [-0.39, 0.29) is 30.2 Å². The van der Waals surface area contributed by atoms with Crippen LogP contribution >= 0.6 is 22.8 Å². The zero-order valence-electron chi connectivity index (χ0n) is 26.2. The van der Waals surface area contributed by atoms with E-state index in [9.17, 15) is 13.7 Å². The van der Waals surface area contributed by atoms with E-state index in [0.29, 0.717) is 51.6 Å². The Morgan fingerprint density at radius 1 is 0.436 bits per heavy atom. The Labute approximate surface area is 239 Å². The van der Waals surface area contributed by atoms with E-state index in [0.717, 1.165) is 32.1 Å². The molecule has 0 aliphatic rings. The highest BCUT2D eigenvalue weighted by Crippen LogP contribution is 2.59. The summed E-state index contributed by atoms with van der Waals surface area (Å²) in [6.07, 6.45) is 5.79. The van der Waals surface area contributed by atoms with E-state index in [1.165, 1.54) is 0 Å². The van der Waals surface area contributed by atoms with Crippen LogP contribution in [0.2, 0.25) is 0 Å². The largest absolute Gasteiger partial charge is 0.333 e. The Kier molecular flexibility index (Phi) is 21.4. The minimum atomic E-state index is -3.37. The topological polar surface area (TPSA) is 107 Å². The van der Waals surface area contributed by atoms with Gasteiger partial charge in [0, 0.05) is 0 Å². The van der Waals surface area contributed by atoms with Crippen molar-refractivity contribution in [1.82, 2.24) is 0 Å². The van der Waals surface area contributed by atoms with Crippen LogP contribution in [0.15, 0.2) is 0 Å². The molecule has 0 aromatic carbocycles. The molecule has 236 valence electrons. The average molecular weight is 621 g/mol. The summed E-state index contributed by atoms with van der Waals surface area (Å²) in [6.45, 7) is 18.9. The SMILES string of the molecule is CCCC(CCC(C)CCC(CCC(C)P(=O)(OCC)OCC)P(=O)(OCC)OCC)P(=O)(OCC)OCC. The van der Waals surface area contributed by atoms with Gasteiger partial charge in [0.2, 0.25) is 0 Å². The van der Waals surface area contributed by atoms with E-state index in [1.54, 1.807) is 13.8 Å². The number of hydrogen-bond donors (Lipinski definition) is 0. The lowest BCUT2D eigenvalue weighted by atomic mass is 9.96. The van der Waals surface area contributed by atoms with Gasteiger partial charge in [0.1, 0.15) is 0 Å². The van der Waals surface area contributed by atoms with E-state index < -0.39 is 22.8 Å². The van der Waals surface area contributed by atoms with Crippen molar-refractivity contribution in [3.05, 3.63) is 0 Å². The molecule has 0 saturated carbocycles. The minimum absolute atomic E-state index is 0.134. The summed E-state index contributed by atoms with van der Waals surface area (Å²) in [7, 11) is -9.81. The zero-order valence-corrected chi connectivity index (χ0v) is 28.9. The van der Waals surface area contributed by atoms with Crippen LogP contribution in [0.1, 0.15) is 114 Å². The molecule has 0 aromatic heterocycles. The van der Waals surface area contributed by atoms with Gasteiger partial charge in [-0.2, -0.15) is 0 Å². The Morgan fingerprint density at radius 2 is 0.744 bits per heavy atom. The predicted octanol–water partition coefficient (Wildman–Crippen LogP) is 9.69. The van der Waals surface area contributed by atoms with Gasteiger partial charge in [0.05, 0.1) is 56.6 Å². The fourth-order valence-corrected chi connectivity index (χ4v) is 11.0. The highest BCUT2D eigenvalue weighted by atomic mass is 31.2. The average Bonchev–Trinajstić information content (AvgIpc) is 2.87. The second kappa shape index (κ2) is 21.2. The summed E-state index contributed by atoms with van der Waals surface area (Å²) >= 11 is 0. The molecule has 0 aromatic rings. The van der Waals surface area contributed by atoms with Crippen LogP contribution in [-0.2, 0) is 40.8 Å². The first kappa shape index (κ1) is 39.5. The first-order valence-corrected chi connectivity index (χ1v) is 19.9. The zero-order chi connectivity index (χ0) is 30.0. The third-order valence-electron chi connectivity index (χ3n) is 6.81. The Morgan fingerprint density at radius 3 is 1.08 bits per heavy atom. The third kappa shape index (κ3) is 14.0. The molecule has 0 aliphatic carbocycles. The van der Waals surface area contributed by atoms with Gasteiger partial charge in [-0.3, -0.25) is 13.7 Å². The van der Waals surface area contributed by atoms with Gasteiger partial charge < -0.3 is 27.1 Å². The maximum Gasteiger partial charge on any atom is 0.333 e. The van der Waals surface area contributed by atoms with Gasteiger partial charge in [-0.05, 0) is 92.4 Å². The molecule has 0 N–H and O–H groups in total. The highest BCUT2D eigenvalue weighted by Gasteiger charge is 2.39. The smallest absolute Gasteiger partial charge is 0.309 e. The normalized spacial score (nSPS) is 16.2. The van der Waals surface area contributed by atoms with Crippen molar-refractivity contribution in [3.63, 3.8) is 0 Å². The molecule has 0 radical (unpaired) electrons. The molecule has 12 heteroatoms. The molecular weight excluding hydrogens is 561 g/mol. The predicted molar refractivity (Wildman–Crippen MR) is 161 cm³/mol. The van der Waals surface area contributed by atoms with Crippen LogP contribution in [0.3, 0.4) is 0 Å². The van der Waals surface area contributed by atoms with Gasteiger partial charge in [-0.15, -0.1) is 0 Å². The molecule has 39 heavy (non-hydrogen) atoms. The van der Waals surface area contributed by atoms with E-state index >= 15 is 0 Å². The van der Waals surface area contributed by atoms with Crippen molar-refractivity contribution in [3.8, 4) is 0 Å². The van der Waals surface area contributed by atoms with Gasteiger partial charge in [0.15, 0.2) is 0 Å². The Hall–Kier alpha value is 0.450. The monoisotopic (exact) mass is 620 g/mol. The molecule has 0 fully saturated rings. The Balaban J connectivity index is 5.55. The molecule has 0 bridgehead atoms. The van der Waals surface area contributed by atoms with E-state index in [2.05, 4.69) is 13.8 Å². The van der Waals surface area contributed by atoms with Gasteiger partial charge in [0.25, 0.3) is 0 Å². The highest BCUT2D eigenvalue weighted by molar-refractivity contribution is 7.55. The van der Waals surface area contributed by atoms with Gasteiger partial charge >= 0.3 is 22.8 Å². The maximum atomic E-state index is 13.8. The van der Waals surface area contributed by atoms with Crippen LogP contribution in [0.25, 0.3) is 0 Å². The maximum absolute atomic E-state index is 13.8. The molecule has 4 atom stereocenters. The molecule has 0 saturated heterocycles. The summed E-state index contributed by atoms with van der Waals surface area (Å²) in [6, 6.07) is 0. The number of rotatable bonds is 26. The lowest BCUT2D eigenvalue weighted by Gasteiger charge is -2.30. The molecule has 0 aliphatic heterocycles.